The smallest absolute Gasteiger partial charge is 0.191 e. The molecule has 1 saturated heterocycles. The van der Waals surface area contributed by atoms with Crippen LogP contribution in [0.4, 0.5) is 10.1 Å². The predicted molar refractivity (Wildman–Crippen MR) is 91.1 cm³/mol. The Kier molecular flexibility index (Phi) is 3.66. The lowest BCUT2D eigenvalue weighted by Crippen LogP contribution is -2.51. The molecular formula is C18H25FN4. The lowest BCUT2D eigenvalue weighted by molar-refractivity contribution is 0.376. The molecule has 4 rings (SSSR count). The second-order valence-corrected chi connectivity index (χ2v) is 7.26. The summed E-state index contributed by atoms with van der Waals surface area (Å²) in [7, 11) is 0. The summed E-state index contributed by atoms with van der Waals surface area (Å²) in [5, 5.41) is 0. The molecule has 1 heterocycles. The van der Waals surface area contributed by atoms with Gasteiger partial charge in [-0.15, -0.1) is 0 Å². The van der Waals surface area contributed by atoms with E-state index in [1.165, 1.54) is 37.8 Å². The fourth-order valence-corrected chi connectivity index (χ4v) is 3.74. The summed E-state index contributed by atoms with van der Waals surface area (Å²) in [4.78, 5) is 9.16. The van der Waals surface area contributed by atoms with Crippen LogP contribution >= 0.6 is 0 Å². The minimum atomic E-state index is -0.187. The molecular weight excluding hydrogens is 291 g/mol. The van der Waals surface area contributed by atoms with Crippen molar-refractivity contribution < 1.29 is 4.39 Å². The summed E-state index contributed by atoms with van der Waals surface area (Å²) in [5.74, 6) is 1.44. The third-order valence-electron chi connectivity index (χ3n) is 5.69. The van der Waals surface area contributed by atoms with Crippen molar-refractivity contribution in [3.8, 4) is 0 Å². The molecule has 2 N–H and O–H groups in total. The molecule has 4 nitrogen and oxygen atoms in total. The third-order valence-corrected chi connectivity index (χ3v) is 5.69. The second kappa shape index (κ2) is 5.69. The average Bonchev–Trinajstić information content (AvgIpc) is 3.47. The van der Waals surface area contributed by atoms with Crippen LogP contribution in [0.15, 0.2) is 29.3 Å². The summed E-state index contributed by atoms with van der Waals surface area (Å²) in [6, 6.07) is 6.72. The first-order valence-electron chi connectivity index (χ1n) is 8.72. The van der Waals surface area contributed by atoms with Crippen molar-refractivity contribution in [3.63, 3.8) is 0 Å². The Morgan fingerprint density at radius 2 is 1.78 bits per heavy atom. The molecule has 0 aromatic heterocycles. The quantitative estimate of drug-likeness (QED) is 0.685. The van der Waals surface area contributed by atoms with Crippen molar-refractivity contribution in [1.82, 2.24) is 4.90 Å². The van der Waals surface area contributed by atoms with Gasteiger partial charge in [-0.25, -0.2) is 4.39 Å². The zero-order chi connectivity index (χ0) is 15.9. The molecule has 0 radical (unpaired) electrons. The molecule has 2 saturated carbocycles. The third kappa shape index (κ3) is 3.14. The van der Waals surface area contributed by atoms with Crippen LogP contribution in [0.1, 0.15) is 25.7 Å². The maximum atomic E-state index is 13.0. The van der Waals surface area contributed by atoms with Crippen LogP contribution < -0.4 is 10.6 Å². The zero-order valence-corrected chi connectivity index (χ0v) is 13.5. The molecule has 0 amide bonds. The van der Waals surface area contributed by atoms with E-state index in [0.29, 0.717) is 11.4 Å². The van der Waals surface area contributed by atoms with Crippen LogP contribution in [0, 0.1) is 17.2 Å². The number of piperazine rings is 1. The summed E-state index contributed by atoms with van der Waals surface area (Å²) >= 11 is 0. The van der Waals surface area contributed by atoms with Gasteiger partial charge in [0.25, 0.3) is 0 Å². The Labute approximate surface area is 137 Å². The summed E-state index contributed by atoms with van der Waals surface area (Å²) < 4.78 is 13.0. The topological polar surface area (TPSA) is 44.9 Å². The second-order valence-electron chi connectivity index (χ2n) is 7.26. The van der Waals surface area contributed by atoms with Crippen LogP contribution in [0.5, 0.6) is 0 Å². The molecule has 124 valence electrons. The number of anilines is 1. The van der Waals surface area contributed by atoms with E-state index in [0.717, 1.165) is 44.3 Å². The minimum Gasteiger partial charge on any atom is -0.370 e. The first-order chi connectivity index (χ1) is 11.2. The normalized spacial score (nSPS) is 24.0. The van der Waals surface area contributed by atoms with Crippen LogP contribution in [0.25, 0.3) is 0 Å². The number of benzene rings is 1. The number of rotatable bonds is 4. The number of hydrogen-bond donors (Lipinski definition) is 1. The van der Waals surface area contributed by atoms with Crippen LogP contribution in [-0.4, -0.2) is 43.6 Å². The van der Waals surface area contributed by atoms with Gasteiger partial charge in [0.15, 0.2) is 5.96 Å². The standard InChI is InChI=1S/C18H25FN4/c19-15-3-5-16(6-4-15)22-9-11-23(12-10-22)17(20)21-13-18(7-8-18)14-1-2-14/h3-6,14H,1-2,7-13H2,(H2,20,21). The van der Waals surface area contributed by atoms with Crippen LogP contribution in [0.2, 0.25) is 0 Å². The van der Waals surface area contributed by atoms with Crippen LogP contribution in [-0.2, 0) is 0 Å². The van der Waals surface area contributed by atoms with Gasteiger partial charge in [0.05, 0.1) is 0 Å². The van der Waals surface area contributed by atoms with E-state index >= 15 is 0 Å². The molecule has 0 bridgehead atoms. The van der Waals surface area contributed by atoms with Gasteiger partial charge in [0.1, 0.15) is 5.82 Å². The number of guanidine groups is 1. The van der Waals surface area contributed by atoms with Crippen molar-refractivity contribution in [1.29, 1.82) is 0 Å². The van der Waals surface area contributed by atoms with Crippen molar-refractivity contribution in [2.75, 3.05) is 37.6 Å². The first-order valence-corrected chi connectivity index (χ1v) is 8.72. The maximum Gasteiger partial charge on any atom is 0.191 e. The molecule has 1 aromatic carbocycles. The van der Waals surface area contributed by atoms with E-state index in [9.17, 15) is 4.39 Å². The van der Waals surface area contributed by atoms with Gasteiger partial charge in [0, 0.05) is 38.4 Å². The van der Waals surface area contributed by atoms with E-state index < -0.39 is 0 Å². The number of nitrogens with zero attached hydrogens (tertiary/aromatic N) is 3. The van der Waals surface area contributed by atoms with Gasteiger partial charge in [-0.05, 0) is 61.3 Å². The Balaban J connectivity index is 1.31. The van der Waals surface area contributed by atoms with E-state index in [1.54, 1.807) is 0 Å². The highest BCUT2D eigenvalue weighted by molar-refractivity contribution is 5.78. The minimum absolute atomic E-state index is 0.187. The molecule has 3 aliphatic rings. The van der Waals surface area contributed by atoms with Gasteiger partial charge < -0.3 is 15.5 Å². The van der Waals surface area contributed by atoms with Gasteiger partial charge in [-0.3, -0.25) is 4.99 Å². The molecule has 2 aliphatic carbocycles. The van der Waals surface area contributed by atoms with E-state index in [1.807, 2.05) is 12.1 Å². The summed E-state index contributed by atoms with van der Waals surface area (Å²) in [6.45, 7) is 4.47. The van der Waals surface area contributed by atoms with Gasteiger partial charge >= 0.3 is 0 Å². The van der Waals surface area contributed by atoms with E-state index in [4.69, 9.17) is 10.7 Å². The average molecular weight is 316 g/mol. The Morgan fingerprint density at radius 1 is 1.13 bits per heavy atom. The Bertz CT molecular complexity index is 582. The molecule has 1 aliphatic heterocycles. The number of nitrogens with two attached hydrogens (primary N) is 1. The fourth-order valence-electron chi connectivity index (χ4n) is 3.74. The largest absolute Gasteiger partial charge is 0.370 e. The lowest BCUT2D eigenvalue weighted by atomic mass is 10.0. The number of halogens is 1. The summed E-state index contributed by atoms with van der Waals surface area (Å²) in [6.07, 6.45) is 5.47. The molecule has 0 unspecified atom stereocenters. The zero-order valence-electron chi connectivity index (χ0n) is 13.5. The van der Waals surface area contributed by atoms with Crippen molar-refractivity contribution in [3.05, 3.63) is 30.1 Å². The number of hydrogen-bond acceptors (Lipinski definition) is 2. The van der Waals surface area contributed by atoms with Crippen molar-refractivity contribution in [2.45, 2.75) is 25.7 Å². The van der Waals surface area contributed by atoms with Crippen LogP contribution in [0.3, 0.4) is 0 Å². The Morgan fingerprint density at radius 3 is 2.35 bits per heavy atom. The van der Waals surface area contributed by atoms with Gasteiger partial charge in [-0.2, -0.15) is 0 Å². The van der Waals surface area contributed by atoms with Gasteiger partial charge in [-0.1, -0.05) is 0 Å². The molecule has 23 heavy (non-hydrogen) atoms. The molecule has 3 fully saturated rings. The van der Waals surface area contributed by atoms with Gasteiger partial charge in [0.2, 0.25) is 0 Å². The predicted octanol–water partition coefficient (Wildman–Crippen LogP) is 2.45. The van der Waals surface area contributed by atoms with E-state index in [2.05, 4.69) is 9.80 Å². The fraction of sp³-hybridized carbons (Fsp3) is 0.611. The molecule has 1 aromatic rings. The number of aliphatic imine (C=N–C) groups is 1. The highest BCUT2D eigenvalue weighted by atomic mass is 19.1. The SMILES string of the molecule is NC(=NCC1(C2CC2)CC1)N1CCN(c2ccc(F)cc2)CC1. The molecule has 0 atom stereocenters. The van der Waals surface area contributed by atoms with Crippen molar-refractivity contribution >= 4 is 11.6 Å². The molecule has 0 spiro atoms. The highest BCUT2D eigenvalue weighted by Crippen LogP contribution is 2.61. The summed E-state index contributed by atoms with van der Waals surface area (Å²) in [5.41, 5.74) is 7.81. The lowest BCUT2D eigenvalue weighted by Gasteiger charge is -2.36. The monoisotopic (exact) mass is 316 g/mol. The Hall–Kier alpha value is -1.78. The molecule has 5 heteroatoms. The maximum absolute atomic E-state index is 13.0. The van der Waals surface area contributed by atoms with Crippen molar-refractivity contribution in [2.24, 2.45) is 22.1 Å². The highest BCUT2D eigenvalue weighted by Gasteiger charge is 2.53. The first kappa shape index (κ1) is 14.8. The van der Waals surface area contributed by atoms with E-state index in [-0.39, 0.29) is 5.82 Å².